The van der Waals surface area contributed by atoms with Crippen molar-refractivity contribution in [2.45, 2.75) is 92.1 Å². The summed E-state index contributed by atoms with van der Waals surface area (Å²) in [5, 5.41) is 155. The first-order valence-electron chi connectivity index (χ1n) is 20.2. The third-order valence-corrected chi connectivity index (χ3v) is 11.1. The van der Waals surface area contributed by atoms with Crippen molar-refractivity contribution in [3.63, 3.8) is 0 Å². The van der Waals surface area contributed by atoms with Crippen LogP contribution in [0.5, 0.6) is 40.2 Å². The molecular weight excluding hydrogens is 904 g/mol. The highest BCUT2D eigenvalue weighted by Crippen LogP contribution is 2.41. The molecule has 7 rings (SSSR count). The van der Waals surface area contributed by atoms with Gasteiger partial charge in [0.25, 0.3) is 0 Å². The number of esters is 1. The lowest BCUT2D eigenvalue weighted by atomic mass is 9.97. The monoisotopic (exact) mass is 950 g/mol. The molecule has 0 saturated carbocycles. The van der Waals surface area contributed by atoms with Gasteiger partial charge in [0.1, 0.15) is 96.2 Å². The van der Waals surface area contributed by atoms with Crippen LogP contribution in [-0.2, 0) is 28.5 Å². The van der Waals surface area contributed by atoms with E-state index in [0.29, 0.717) is 5.56 Å². The first-order valence-corrected chi connectivity index (χ1v) is 20.2. The normalized spacial score (nSPS) is 32.3. The Morgan fingerprint density at radius 3 is 1.82 bits per heavy atom. The van der Waals surface area contributed by atoms with Crippen LogP contribution in [0.1, 0.15) is 5.56 Å². The molecule has 0 radical (unpaired) electrons. The lowest BCUT2D eigenvalue weighted by Gasteiger charge is -2.45. The Hall–Kier alpha value is -5.88. The van der Waals surface area contributed by atoms with Gasteiger partial charge in [-0.3, -0.25) is 4.79 Å². The fraction of sp³-hybridized carbons (Fsp3) is 0.429. The summed E-state index contributed by atoms with van der Waals surface area (Å²) in [6.45, 7) is -2.53. The maximum absolute atomic E-state index is 14.4. The molecule has 3 aliphatic heterocycles. The lowest BCUT2D eigenvalue weighted by molar-refractivity contribution is -0.358. The number of rotatable bonds is 13. The van der Waals surface area contributed by atoms with E-state index in [2.05, 4.69) is 0 Å². The summed E-state index contributed by atoms with van der Waals surface area (Å²) < 4.78 is 45.2. The molecule has 3 saturated heterocycles. The predicted molar refractivity (Wildman–Crippen MR) is 217 cm³/mol. The summed E-state index contributed by atoms with van der Waals surface area (Å²) in [6, 6.07) is 8.63. The zero-order valence-electron chi connectivity index (χ0n) is 34.3. The number of phenols is 5. The van der Waals surface area contributed by atoms with Crippen molar-refractivity contribution < 1.29 is 119 Å². The van der Waals surface area contributed by atoms with Gasteiger partial charge in [-0.15, -0.1) is 0 Å². The summed E-state index contributed by atoms with van der Waals surface area (Å²) >= 11 is 0. The summed E-state index contributed by atoms with van der Waals surface area (Å²) in [7, 11) is 0. The minimum absolute atomic E-state index is 0.201. The first-order chi connectivity index (χ1) is 31.8. The quantitative estimate of drug-likeness (QED) is 0.0350. The van der Waals surface area contributed by atoms with Crippen molar-refractivity contribution in [3.05, 3.63) is 70.4 Å². The van der Waals surface area contributed by atoms with E-state index in [4.69, 9.17) is 37.6 Å². The van der Waals surface area contributed by atoms with Crippen molar-refractivity contribution in [1.82, 2.24) is 0 Å². The van der Waals surface area contributed by atoms with Crippen LogP contribution in [0.15, 0.2) is 63.8 Å². The molecule has 364 valence electrons. The number of carbonyl (C=O) groups excluding carboxylic acids is 1. The minimum Gasteiger partial charge on any atom is -0.507 e. The highest BCUT2D eigenvalue weighted by Gasteiger charge is 2.52. The molecule has 25 nitrogen and oxygen atoms in total. The van der Waals surface area contributed by atoms with Crippen LogP contribution in [0.2, 0.25) is 0 Å². The molecular formula is C42H46O25. The highest BCUT2D eigenvalue weighted by molar-refractivity contribution is 5.89. The van der Waals surface area contributed by atoms with E-state index in [1.165, 1.54) is 18.2 Å². The van der Waals surface area contributed by atoms with Crippen LogP contribution in [0.25, 0.3) is 28.4 Å². The van der Waals surface area contributed by atoms with Crippen LogP contribution >= 0.6 is 0 Å². The molecule has 3 aromatic carbocycles. The van der Waals surface area contributed by atoms with Crippen molar-refractivity contribution in [3.8, 4) is 51.6 Å². The molecule has 3 fully saturated rings. The van der Waals surface area contributed by atoms with Gasteiger partial charge in [0.15, 0.2) is 41.2 Å². The van der Waals surface area contributed by atoms with Crippen LogP contribution in [0.3, 0.4) is 0 Å². The second kappa shape index (κ2) is 20.1. The van der Waals surface area contributed by atoms with Crippen molar-refractivity contribution in [2.24, 2.45) is 0 Å². The molecule has 0 spiro atoms. The molecule has 0 bridgehead atoms. The number of carbonyl (C=O) groups is 1. The van der Waals surface area contributed by atoms with Gasteiger partial charge >= 0.3 is 5.97 Å². The van der Waals surface area contributed by atoms with Gasteiger partial charge in [-0.05, 0) is 42.0 Å². The number of aliphatic hydroxyl groups excluding tert-OH is 10. The van der Waals surface area contributed by atoms with Crippen molar-refractivity contribution in [2.75, 3.05) is 19.8 Å². The van der Waals surface area contributed by atoms with Crippen LogP contribution in [-0.4, -0.2) is 195 Å². The second-order valence-corrected chi connectivity index (χ2v) is 15.6. The Morgan fingerprint density at radius 1 is 0.597 bits per heavy atom. The molecule has 67 heavy (non-hydrogen) atoms. The van der Waals surface area contributed by atoms with E-state index in [-0.39, 0.29) is 5.56 Å². The zero-order chi connectivity index (χ0) is 48.6. The average molecular weight is 951 g/mol. The molecule has 4 heterocycles. The molecule has 4 aromatic rings. The van der Waals surface area contributed by atoms with E-state index in [1.54, 1.807) is 0 Å². The number of ether oxygens (including phenoxy) is 7. The SMILES string of the molecule is O=C(/C=C/c1ccc(O)c(O)c1)OCC1O[C@@H](Oc2cc(O)c3c(=O)c(O[C@@H]4OC(CO)[C@@H](O)[C@H](O)C4O[C@@H]4OC(CO)[C@@H](O)[C@H](O)C4O)c(-c4ccc(O)c(O)c4)oc3c2)C(O)[C@@H](O)[C@@H]1O. The van der Waals surface area contributed by atoms with Gasteiger partial charge in [0.05, 0.1) is 13.2 Å². The number of phenolic OH excluding ortho intramolecular Hbond substituents is 5. The Bertz CT molecular complexity index is 2490. The van der Waals surface area contributed by atoms with E-state index < -0.39 is 180 Å². The topological polar surface area (TPSA) is 415 Å². The predicted octanol–water partition coefficient (Wildman–Crippen LogP) is -3.57. The molecule has 6 unspecified atom stereocenters. The number of hydrogen-bond acceptors (Lipinski definition) is 25. The lowest BCUT2D eigenvalue weighted by Crippen LogP contribution is -2.65. The third-order valence-electron chi connectivity index (χ3n) is 11.1. The molecule has 3 aliphatic rings. The van der Waals surface area contributed by atoms with Crippen LogP contribution < -0.4 is 14.9 Å². The molecule has 0 aliphatic carbocycles. The van der Waals surface area contributed by atoms with Gasteiger partial charge in [-0.25, -0.2) is 4.79 Å². The fourth-order valence-corrected chi connectivity index (χ4v) is 7.34. The van der Waals surface area contributed by atoms with E-state index in [0.717, 1.165) is 42.5 Å². The van der Waals surface area contributed by atoms with Gasteiger partial charge in [-0.2, -0.15) is 0 Å². The first kappa shape index (κ1) is 49.0. The Kier molecular flexibility index (Phi) is 14.7. The number of hydrogen-bond donors (Lipinski definition) is 15. The van der Waals surface area contributed by atoms with Gasteiger partial charge in [0, 0.05) is 23.8 Å². The number of aromatic hydroxyl groups is 5. The third kappa shape index (κ3) is 10.1. The van der Waals surface area contributed by atoms with E-state index >= 15 is 0 Å². The summed E-state index contributed by atoms with van der Waals surface area (Å²) in [5.41, 5.74) is -1.60. The Morgan fingerprint density at radius 2 is 1.18 bits per heavy atom. The standard InChI is InChI=1S/C42H46O25/c43-11-23-28(51)32(55)36(59)41(63-23)67-39-34(57)29(52)24(12-44)64-42(39)66-38-31(54)27-21(49)9-16(10-22(27)62-37(38)15-3-5-18(46)20(48)8-15)61-40-35(58)33(56)30(53)25(65-40)13-60-26(50)6-2-14-1-4-17(45)19(47)7-14/h1-10,23-25,28-30,32-36,39-49,51-53,55-59H,11-13H2/b6-2+/t23?,24?,25?,28-,29-,30-,32+,33+,34+,35?,36?,39?,40-,41+,42+/m1/s1. The second-order valence-electron chi connectivity index (χ2n) is 15.6. The van der Waals surface area contributed by atoms with Gasteiger partial charge in [0.2, 0.25) is 23.8 Å². The number of aliphatic hydroxyl groups is 10. The Labute approximate surface area is 375 Å². The van der Waals surface area contributed by atoms with Gasteiger partial charge < -0.3 is 114 Å². The number of fused-ring (bicyclic) bond motifs is 1. The molecule has 15 atom stereocenters. The molecule has 1 aromatic heterocycles. The largest absolute Gasteiger partial charge is 0.507 e. The number of benzene rings is 3. The van der Waals surface area contributed by atoms with Crippen molar-refractivity contribution in [1.29, 1.82) is 0 Å². The van der Waals surface area contributed by atoms with E-state index in [9.17, 15) is 86.2 Å². The molecule has 15 N–H and O–H groups in total. The summed E-state index contributed by atoms with van der Waals surface area (Å²) in [5.74, 6) is -5.92. The van der Waals surface area contributed by atoms with Crippen LogP contribution in [0, 0.1) is 0 Å². The minimum atomic E-state index is -2.08. The average Bonchev–Trinajstić information content (AvgIpc) is 3.30. The van der Waals surface area contributed by atoms with Gasteiger partial charge in [-0.1, -0.05) is 6.07 Å². The molecule has 0 amide bonds. The molecule has 25 heteroatoms. The maximum Gasteiger partial charge on any atom is 0.330 e. The zero-order valence-corrected chi connectivity index (χ0v) is 34.3. The van der Waals surface area contributed by atoms with Crippen LogP contribution in [0.4, 0.5) is 0 Å². The summed E-state index contributed by atoms with van der Waals surface area (Å²) in [4.78, 5) is 26.9. The highest BCUT2D eigenvalue weighted by atomic mass is 16.8. The smallest absolute Gasteiger partial charge is 0.330 e. The maximum atomic E-state index is 14.4. The fourth-order valence-electron chi connectivity index (χ4n) is 7.34. The summed E-state index contributed by atoms with van der Waals surface area (Å²) in [6.07, 6.45) is -26.0. The van der Waals surface area contributed by atoms with Crippen molar-refractivity contribution >= 4 is 23.0 Å². The Balaban J connectivity index is 1.19. The van der Waals surface area contributed by atoms with E-state index in [1.807, 2.05) is 0 Å².